The van der Waals surface area contributed by atoms with E-state index in [1.807, 2.05) is 36.6 Å². The van der Waals surface area contributed by atoms with Gasteiger partial charge in [0, 0.05) is 10.2 Å². The van der Waals surface area contributed by atoms with Crippen LogP contribution in [0.1, 0.15) is 11.1 Å². The number of nitrogens with one attached hydrogen (secondary N) is 1. The van der Waals surface area contributed by atoms with Crippen LogP contribution in [0, 0.1) is 13.8 Å². The zero-order valence-corrected chi connectivity index (χ0v) is 21.6. The van der Waals surface area contributed by atoms with Crippen molar-refractivity contribution < 1.29 is 23.4 Å². The molecule has 7 nitrogen and oxygen atoms in total. The number of carbonyl (C=O) groups is 1. The van der Waals surface area contributed by atoms with Gasteiger partial charge in [0.2, 0.25) is 5.91 Å². The number of hydrogen-bond donors (Lipinski definition) is 2. The molecule has 36 heavy (non-hydrogen) atoms. The largest absolute Gasteiger partial charge is 0.507 e. The zero-order chi connectivity index (χ0) is 25.8. The van der Waals surface area contributed by atoms with Crippen molar-refractivity contribution in [3.63, 3.8) is 0 Å². The minimum Gasteiger partial charge on any atom is -0.507 e. The van der Waals surface area contributed by atoms with Gasteiger partial charge in [0.05, 0.1) is 17.0 Å². The van der Waals surface area contributed by atoms with Gasteiger partial charge < -0.3 is 15.2 Å². The quantitative estimate of drug-likeness (QED) is 0.238. The maximum absolute atomic E-state index is 12.6. The fourth-order valence-electron chi connectivity index (χ4n) is 3.55. The molecule has 0 fully saturated rings. The second-order valence-electron chi connectivity index (χ2n) is 7.83. The molecule has 0 unspecified atom stereocenters. The van der Waals surface area contributed by atoms with Crippen molar-refractivity contribution in [2.75, 3.05) is 11.1 Å². The van der Waals surface area contributed by atoms with Crippen LogP contribution in [0.3, 0.4) is 0 Å². The van der Waals surface area contributed by atoms with E-state index in [9.17, 15) is 18.7 Å². The Balaban J connectivity index is 1.59. The molecule has 1 aromatic heterocycles. The fourth-order valence-corrected chi connectivity index (χ4v) is 4.65. The third-order valence-corrected chi connectivity index (χ3v) is 6.54. The Kier molecular flexibility index (Phi) is 7.90. The van der Waals surface area contributed by atoms with E-state index in [1.165, 1.54) is 36.0 Å². The number of aryl methyl sites for hydroxylation is 2. The first-order valence-corrected chi connectivity index (χ1v) is 12.5. The van der Waals surface area contributed by atoms with Gasteiger partial charge in [-0.25, -0.2) is 0 Å². The van der Waals surface area contributed by atoms with E-state index in [1.54, 1.807) is 18.2 Å². The maximum atomic E-state index is 12.6. The Morgan fingerprint density at radius 1 is 1.11 bits per heavy atom. The zero-order valence-electron chi connectivity index (χ0n) is 19.2. The van der Waals surface area contributed by atoms with Gasteiger partial charge >= 0.3 is 6.61 Å². The summed E-state index contributed by atoms with van der Waals surface area (Å²) in [6.07, 6.45) is 0. The molecule has 2 N–H and O–H groups in total. The van der Waals surface area contributed by atoms with E-state index >= 15 is 0 Å². The average Bonchev–Trinajstić information content (AvgIpc) is 3.23. The number of amides is 1. The molecule has 11 heteroatoms. The van der Waals surface area contributed by atoms with E-state index in [0.717, 1.165) is 21.3 Å². The highest BCUT2D eigenvalue weighted by Gasteiger charge is 2.21. The van der Waals surface area contributed by atoms with Crippen LogP contribution in [0.4, 0.5) is 14.5 Å². The van der Waals surface area contributed by atoms with Gasteiger partial charge in [-0.1, -0.05) is 45.4 Å². The molecule has 0 radical (unpaired) electrons. The number of hydrogen-bond acceptors (Lipinski definition) is 6. The van der Waals surface area contributed by atoms with Crippen LogP contribution in [-0.4, -0.2) is 38.1 Å². The van der Waals surface area contributed by atoms with Crippen molar-refractivity contribution in [1.82, 2.24) is 14.8 Å². The monoisotopic (exact) mass is 574 g/mol. The summed E-state index contributed by atoms with van der Waals surface area (Å²) in [6, 6.07) is 16.6. The topological polar surface area (TPSA) is 89.3 Å². The number of aromatic nitrogens is 3. The lowest BCUT2D eigenvalue weighted by molar-refractivity contribution is -0.113. The Hall–Kier alpha value is -3.44. The predicted molar refractivity (Wildman–Crippen MR) is 138 cm³/mol. The van der Waals surface area contributed by atoms with Crippen LogP contribution in [-0.2, 0) is 4.79 Å². The fraction of sp³-hybridized carbons (Fsp3) is 0.160. The van der Waals surface area contributed by atoms with Gasteiger partial charge in [0.1, 0.15) is 11.5 Å². The van der Waals surface area contributed by atoms with Crippen LogP contribution in [0.25, 0.3) is 17.1 Å². The van der Waals surface area contributed by atoms with Gasteiger partial charge in [-0.15, -0.1) is 10.2 Å². The highest BCUT2D eigenvalue weighted by Crippen LogP contribution is 2.35. The number of halogens is 3. The normalized spacial score (nSPS) is 11.1. The first kappa shape index (κ1) is 25.6. The van der Waals surface area contributed by atoms with Crippen LogP contribution in [0.5, 0.6) is 11.5 Å². The lowest BCUT2D eigenvalue weighted by atomic mass is 10.1. The van der Waals surface area contributed by atoms with Crippen molar-refractivity contribution in [3.8, 4) is 28.6 Å². The Bertz CT molecular complexity index is 1400. The van der Waals surface area contributed by atoms with Crippen molar-refractivity contribution in [1.29, 1.82) is 0 Å². The maximum Gasteiger partial charge on any atom is 0.387 e. The molecule has 0 aliphatic heterocycles. The summed E-state index contributed by atoms with van der Waals surface area (Å²) in [4.78, 5) is 12.6. The number of phenolic OH excluding ortho intramolecular Hbond substituents is 1. The molecule has 3 aromatic carbocycles. The summed E-state index contributed by atoms with van der Waals surface area (Å²) < 4.78 is 31.5. The molecular formula is C25H21BrF2N4O3S. The molecule has 0 bridgehead atoms. The van der Waals surface area contributed by atoms with E-state index in [4.69, 9.17) is 0 Å². The standard InChI is InChI=1S/C25H21BrF2N4O3S/c1-14-3-9-20(15(2)11-14)32-23(19-12-16(26)4-10-21(19)33)30-31-25(32)36-13-22(34)29-17-5-7-18(8-6-17)35-24(27)28/h3-12,24,33H,13H2,1-2H3,(H,29,34). The van der Waals surface area contributed by atoms with E-state index in [-0.39, 0.29) is 23.2 Å². The second kappa shape index (κ2) is 11.1. The number of alkyl halides is 2. The third-order valence-electron chi connectivity index (χ3n) is 5.12. The third kappa shape index (κ3) is 6.03. The summed E-state index contributed by atoms with van der Waals surface area (Å²) in [5.74, 6) is 0.179. The molecule has 0 aliphatic carbocycles. The van der Waals surface area contributed by atoms with Gasteiger partial charge in [0.15, 0.2) is 11.0 Å². The molecule has 186 valence electrons. The van der Waals surface area contributed by atoms with Crippen molar-refractivity contribution in [2.24, 2.45) is 0 Å². The lowest BCUT2D eigenvalue weighted by Gasteiger charge is -2.14. The SMILES string of the molecule is Cc1ccc(-n2c(SCC(=O)Nc3ccc(OC(F)F)cc3)nnc2-c2cc(Br)ccc2O)c(C)c1. The van der Waals surface area contributed by atoms with Gasteiger partial charge in [-0.2, -0.15) is 8.78 Å². The average molecular weight is 575 g/mol. The first-order valence-electron chi connectivity index (χ1n) is 10.7. The molecular weight excluding hydrogens is 554 g/mol. The number of benzene rings is 3. The number of phenols is 1. The molecule has 0 atom stereocenters. The van der Waals surface area contributed by atoms with Gasteiger partial charge in [-0.3, -0.25) is 9.36 Å². The number of anilines is 1. The highest BCUT2D eigenvalue weighted by atomic mass is 79.9. The minimum absolute atomic E-state index is 0.00211. The minimum atomic E-state index is -2.92. The van der Waals surface area contributed by atoms with Crippen molar-refractivity contribution >= 4 is 39.3 Å². The second-order valence-corrected chi connectivity index (χ2v) is 9.69. The molecule has 1 amide bonds. The van der Waals surface area contributed by atoms with Crippen LogP contribution < -0.4 is 10.1 Å². The smallest absolute Gasteiger partial charge is 0.387 e. The van der Waals surface area contributed by atoms with Crippen LogP contribution in [0.2, 0.25) is 0 Å². The van der Waals surface area contributed by atoms with E-state index < -0.39 is 6.61 Å². The van der Waals surface area contributed by atoms with Gasteiger partial charge in [0.25, 0.3) is 0 Å². The van der Waals surface area contributed by atoms with Crippen LogP contribution in [0.15, 0.2) is 70.3 Å². The predicted octanol–water partition coefficient (Wildman–Crippen LogP) is 6.35. The summed E-state index contributed by atoms with van der Waals surface area (Å²) in [6.45, 7) is 1.05. The molecule has 0 saturated carbocycles. The highest BCUT2D eigenvalue weighted by molar-refractivity contribution is 9.10. The molecule has 1 heterocycles. The summed E-state index contributed by atoms with van der Waals surface area (Å²) in [7, 11) is 0. The molecule has 4 aromatic rings. The number of nitrogens with zero attached hydrogens (tertiary/aromatic N) is 3. The number of carbonyl (C=O) groups excluding carboxylic acids is 1. The molecule has 0 saturated heterocycles. The Labute approximate surface area is 218 Å². The van der Waals surface area contributed by atoms with Crippen molar-refractivity contribution in [3.05, 3.63) is 76.3 Å². The number of rotatable bonds is 8. The molecule has 0 aliphatic rings. The summed E-state index contributed by atoms with van der Waals surface area (Å²) in [5.41, 5.74) is 3.81. The Morgan fingerprint density at radius 3 is 2.56 bits per heavy atom. The van der Waals surface area contributed by atoms with Crippen molar-refractivity contribution in [2.45, 2.75) is 25.6 Å². The lowest BCUT2D eigenvalue weighted by Crippen LogP contribution is -2.14. The van der Waals surface area contributed by atoms with Gasteiger partial charge in [-0.05, 0) is 67.9 Å². The summed E-state index contributed by atoms with van der Waals surface area (Å²) >= 11 is 4.61. The van der Waals surface area contributed by atoms with E-state index in [2.05, 4.69) is 36.2 Å². The number of ether oxygens (including phenoxy) is 1. The van der Waals surface area contributed by atoms with Crippen LogP contribution >= 0.6 is 27.7 Å². The first-order chi connectivity index (χ1) is 17.2. The summed E-state index contributed by atoms with van der Waals surface area (Å²) in [5, 5.41) is 22.3. The number of thioether (sulfide) groups is 1. The number of aromatic hydroxyl groups is 1. The van der Waals surface area contributed by atoms with E-state index in [0.29, 0.717) is 22.2 Å². The molecule has 4 rings (SSSR count). The Morgan fingerprint density at radius 2 is 1.86 bits per heavy atom. The molecule has 0 spiro atoms.